The number of carbonyl (C=O) groups excluding carboxylic acids is 1. The Balaban J connectivity index is 2.65. The van der Waals surface area contributed by atoms with E-state index in [1.807, 2.05) is 26.0 Å². The molecule has 0 amide bonds. The summed E-state index contributed by atoms with van der Waals surface area (Å²) < 4.78 is 10.4. The van der Waals surface area contributed by atoms with Crippen molar-refractivity contribution in [3.63, 3.8) is 0 Å². The SMILES string of the molecule is C/C=C1/NCC(C(=O)OCC)O/C1=C/C. The summed E-state index contributed by atoms with van der Waals surface area (Å²) in [7, 11) is 0. The lowest BCUT2D eigenvalue weighted by molar-refractivity contribution is -0.154. The highest BCUT2D eigenvalue weighted by Crippen LogP contribution is 2.17. The molecule has 1 aliphatic rings. The van der Waals surface area contributed by atoms with Crippen LogP contribution in [-0.2, 0) is 14.3 Å². The van der Waals surface area contributed by atoms with Gasteiger partial charge in [0.2, 0.25) is 6.10 Å². The van der Waals surface area contributed by atoms with E-state index in [-0.39, 0.29) is 5.97 Å². The van der Waals surface area contributed by atoms with Gasteiger partial charge < -0.3 is 14.8 Å². The highest BCUT2D eigenvalue weighted by molar-refractivity contribution is 5.75. The zero-order valence-corrected chi connectivity index (χ0v) is 9.37. The van der Waals surface area contributed by atoms with Gasteiger partial charge in [-0.1, -0.05) is 6.08 Å². The Bertz CT molecular complexity index is 294. The predicted molar refractivity (Wildman–Crippen MR) is 57.0 cm³/mol. The second-order valence-corrected chi connectivity index (χ2v) is 3.09. The smallest absolute Gasteiger partial charge is 0.349 e. The van der Waals surface area contributed by atoms with Crippen LogP contribution in [0.4, 0.5) is 0 Å². The van der Waals surface area contributed by atoms with Crippen LogP contribution in [0.15, 0.2) is 23.6 Å². The van der Waals surface area contributed by atoms with Crippen LogP contribution < -0.4 is 5.32 Å². The monoisotopic (exact) mass is 211 g/mol. The van der Waals surface area contributed by atoms with Gasteiger partial charge in [0.25, 0.3) is 0 Å². The van der Waals surface area contributed by atoms with Crippen molar-refractivity contribution >= 4 is 5.97 Å². The summed E-state index contributed by atoms with van der Waals surface area (Å²) in [6.45, 7) is 6.40. The summed E-state index contributed by atoms with van der Waals surface area (Å²) in [5.41, 5.74) is 0.915. The van der Waals surface area contributed by atoms with Crippen LogP contribution in [0.3, 0.4) is 0 Å². The second-order valence-electron chi connectivity index (χ2n) is 3.09. The third-order valence-electron chi connectivity index (χ3n) is 2.11. The van der Waals surface area contributed by atoms with Crippen LogP contribution in [0.2, 0.25) is 0 Å². The minimum atomic E-state index is -0.542. The van der Waals surface area contributed by atoms with Crippen LogP contribution >= 0.6 is 0 Å². The predicted octanol–water partition coefficient (Wildman–Crippen LogP) is 1.35. The van der Waals surface area contributed by atoms with Crippen LogP contribution in [-0.4, -0.2) is 25.2 Å². The number of hydrogen-bond acceptors (Lipinski definition) is 4. The molecule has 0 aliphatic carbocycles. The summed E-state index contributed by atoms with van der Waals surface area (Å²) in [6, 6.07) is 0. The van der Waals surface area contributed by atoms with Gasteiger partial charge in [0.05, 0.1) is 18.8 Å². The van der Waals surface area contributed by atoms with Gasteiger partial charge in [0.15, 0.2) is 0 Å². The van der Waals surface area contributed by atoms with E-state index >= 15 is 0 Å². The fourth-order valence-electron chi connectivity index (χ4n) is 1.38. The molecule has 0 radical (unpaired) electrons. The Morgan fingerprint density at radius 3 is 2.87 bits per heavy atom. The average Bonchev–Trinajstić information content (AvgIpc) is 2.28. The molecule has 1 N–H and O–H groups in total. The highest BCUT2D eigenvalue weighted by Gasteiger charge is 2.27. The normalized spacial score (nSPS) is 25.9. The van der Waals surface area contributed by atoms with Crippen LogP contribution in [0, 0.1) is 0 Å². The summed E-state index contributed by atoms with van der Waals surface area (Å²) in [6.07, 6.45) is 3.20. The first kappa shape index (κ1) is 11.6. The second kappa shape index (κ2) is 5.44. The van der Waals surface area contributed by atoms with Gasteiger partial charge in [-0.15, -0.1) is 0 Å². The first-order valence-electron chi connectivity index (χ1n) is 5.13. The van der Waals surface area contributed by atoms with E-state index in [1.165, 1.54) is 0 Å². The van der Waals surface area contributed by atoms with Crippen LogP contribution in [0.5, 0.6) is 0 Å². The Morgan fingerprint density at radius 1 is 1.60 bits per heavy atom. The molecule has 1 rings (SSSR count). The molecule has 0 bridgehead atoms. The number of morpholine rings is 1. The van der Waals surface area contributed by atoms with Crippen molar-refractivity contribution in [2.75, 3.05) is 13.2 Å². The first-order valence-corrected chi connectivity index (χ1v) is 5.13. The number of esters is 1. The Morgan fingerprint density at radius 2 is 2.33 bits per heavy atom. The molecular formula is C11H17NO3. The Labute approximate surface area is 89.9 Å². The van der Waals surface area contributed by atoms with Crippen molar-refractivity contribution in [2.24, 2.45) is 0 Å². The van der Waals surface area contributed by atoms with E-state index in [0.29, 0.717) is 18.9 Å². The van der Waals surface area contributed by atoms with Gasteiger partial charge in [-0.3, -0.25) is 0 Å². The molecule has 1 heterocycles. The molecule has 1 aliphatic heterocycles. The minimum absolute atomic E-state index is 0.320. The maximum Gasteiger partial charge on any atom is 0.349 e. The molecule has 15 heavy (non-hydrogen) atoms. The average molecular weight is 211 g/mol. The number of carbonyl (C=O) groups is 1. The van der Waals surface area contributed by atoms with Crippen molar-refractivity contribution in [1.82, 2.24) is 5.32 Å². The van der Waals surface area contributed by atoms with Crippen molar-refractivity contribution < 1.29 is 14.3 Å². The lowest BCUT2D eigenvalue weighted by Gasteiger charge is -2.27. The number of allylic oxidation sites excluding steroid dienone is 2. The van der Waals surface area contributed by atoms with Crippen LogP contribution in [0.1, 0.15) is 20.8 Å². The van der Waals surface area contributed by atoms with Crippen molar-refractivity contribution in [1.29, 1.82) is 0 Å². The van der Waals surface area contributed by atoms with Crippen molar-refractivity contribution in [3.05, 3.63) is 23.6 Å². The standard InChI is InChI=1S/C11H17NO3/c1-4-8-9(5-2)15-10(7-12-8)11(13)14-6-3/h4-5,10,12H,6-7H2,1-3H3/b8-4+,9-5+. The maximum absolute atomic E-state index is 11.4. The fraction of sp³-hybridized carbons (Fsp3) is 0.545. The van der Waals surface area contributed by atoms with Gasteiger partial charge in [-0.2, -0.15) is 0 Å². The van der Waals surface area contributed by atoms with Gasteiger partial charge in [0.1, 0.15) is 5.76 Å². The topological polar surface area (TPSA) is 47.6 Å². The number of rotatable bonds is 2. The molecular weight excluding hydrogens is 194 g/mol. The van der Waals surface area contributed by atoms with Crippen molar-refractivity contribution in [2.45, 2.75) is 26.9 Å². The van der Waals surface area contributed by atoms with E-state index in [2.05, 4.69) is 5.32 Å². The lowest BCUT2D eigenvalue weighted by atomic mass is 10.2. The first-order chi connectivity index (χ1) is 7.22. The van der Waals surface area contributed by atoms with Crippen LogP contribution in [0.25, 0.3) is 0 Å². The van der Waals surface area contributed by atoms with E-state index in [4.69, 9.17) is 9.47 Å². The maximum atomic E-state index is 11.4. The molecule has 0 aromatic rings. The molecule has 4 heteroatoms. The Hall–Kier alpha value is -1.45. The van der Waals surface area contributed by atoms with Crippen molar-refractivity contribution in [3.8, 4) is 0 Å². The fourth-order valence-corrected chi connectivity index (χ4v) is 1.38. The molecule has 0 saturated carbocycles. The Kier molecular flexibility index (Phi) is 4.21. The molecule has 0 aromatic heterocycles. The minimum Gasteiger partial charge on any atom is -0.475 e. The molecule has 1 atom stereocenters. The molecule has 1 unspecified atom stereocenters. The molecule has 4 nitrogen and oxygen atoms in total. The number of ether oxygens (including phenoxy) is 2. The number of nitrogens with one attached hydrogen (secondary N) is 1. The summed E-state index contributed by atoms with van der Waals surface area (Å²) in [4.78, 5) is 11.4. The molecule has 1 fully saturated rings. The summed E-state index contributed by atoms with van der Waals surface area (Å²) in [5.74, 6) is 0.376. The van der Waals surface area contributed by atoms with Gasteiger partial charge in [0, 0.05) is 0 Å². The van der Waals surface area contributed by atoms with E-state index in [0.717, 1.165) is 5.70 Å². The molecule has 84 valence electrons. The molecule has 1 saturated heterocycles. The third kappa shape index (κ3) is 2.75. The lowest BCUT2D eigenvalue weighted by Crippen LogP contribution is -2.41. The molecule has 0 spiro atoms. The van der Waals surface area contributed by atoms with Gasteiger partial charge >= 0.3 is 5.97 Å². The quantitative estimate of drug-likeness (QED) is 0.700. The highest BCUT2D eigenvalue weighted by atomic mass is 16.6. The van der Waals surface area contributed by atoms with E-state index in [9.17, 15) is 4.79 Å². The summed E-state index contributed by atoms with van der Waals surface area (Å²) >= 11 is 0. The summed E-state index contributed by atoms with van der Waals surface area (Å²) in [5, 5.41) is 3.13. The number of hydrogen-bond donors (Lipinski definition) is 1. The zero-order chi connectivity index (χ0) is 11.3. The largest absolute Gasteiger partial charge is 0.475 e. The van der Waals surface area contributed by atoms with Gasteiger partial charge in [-0.05, 0) is 26.8 Å². The molecule has 0 aromatic carbocycles. The van der Waals surface area contributed by atoms with Gasteiger partial charge in [-0.25, -0.2) is 4.79 Å². The van der Waals surface area contributed by atoms with E-state index < -0.39 is 6.10 Å². The zero-order valence-electron chi connectivity index (χ0n) is 9.37. The third-order valence-corrected chi connectivity index (χ3v) is 2.11. The van der Waals surface area contributed by atoms with E-state index in [1.54, 1.807) is 6.92 Å².